The van der Waals surface area contributed by atoms with Gasteiger partial charge in [-0.2, -0.15) is 0 Å². The summed E-state index contributed by atoms with van der Waals surface area (Å²) in [6.07, 6.45) is 1.60. The van der Waals surface area contributed by atoms with Crippen molar-refractivity contribution in [1.82, 2.24) is 5.16 Å². The van der Waals surface area contributed by atoms with Crippen LogP contribution in [0.4, 0.5) is 0 Å². The van der Waals surface area contributed by atoms with E-state index in [-0.39, 0.29) is 6.61 Å². The second-order valence-electron chi connectivity index (χ2n) is 4.95. The second kappa shape index (κ2) is 5.83. The van der Waals surface area contributed by atoms with Gasteiger partial charge in [-0.1, -0.05) is 43.3 Å². The van der Waals surface area contributed by atoms with Crippen molar-refractivity contribution in [2.75, 3.05) is 6.61 Å². The third-order valence-corrected chi connectivity index (χ3v) is 2.81. The molecule has 0 aliphatic rings. The molecule has 2 aromatic rings. The molecule has 0 unspecified atom stereocenters. The maximum Gasteiger partial charge on any atom is 0.139 e. The van der Waals surface area contributed by atoms with Crippen LogP contribution in [0.3, 0.4) is 0 Å². The lowest BCUT2D eigenvalue weighted by molar-refractivity contribution is 0.277. The van der Waals surface area contributed by atoms with Crippen molar-refractivity contribution in [3.05, 3.63) is 41.7 Å². The quantitative estimate of drug-likeness (QED) is 0.880. The van der Waals surface area contributed by atoms with Crippen molar-refractivity contribution in [1.29, 1.82) is 0 Å². The number of aliphatic hydroxyl groups is 1. The van der Waals surface area contributed by atoms with E-state index in [1.165, 1.54) is 5.56 Å². The minimum atomic E-state index is 0.0853. The van der Waals surface area contributed by atoms with Crippen LogP contribution in [0.2, 0.25) is 0 Å². The molecule has 1 aromatic heterocycles. The van der Waals surface area contributed by atoms with E-state index >= 15 is 0 Å². The highest BCUT2D eigenvalue weighted by Gasteiger charge is 2.06. The smallest absolute Gasteiger partial charge is 0.139 e. The molecule has 3 heteroatoms. The van der Waals surface area contributed by atoms with Crippen molar-refractivity contribution < 1.29 is 9.63 Å². The molecule has 1 heterocycles. The van der Waals surface area contributed by atoms with Gasteiger partial charge in [-0.05, 0) is 17.9 Å². The van der Waals surface area contributed by atoms with Gasteiger partial charge in [-0.25, -0.2) is 0 Å². The average Bonchev–Trinajstić information content (AvgIpc) is 2.78. The fraction of sp³-hybridized carbons (Fsp3) is 0.400. The Kier molecular flexibility index (Phi) is 4.15. The van der Waals surface area contributed by atoms with Gasteiger partial charge in [0.1, 0.15) is 11.5 Å². The Morgan fingerprint density at radius 2 is 1.94 bits per heavy atom. The van der Waals surface area contributed by atoms with E-state index in [4.69, 9.17) is 9.63 Å². The van der Waals surface area contributed by atoms with Crippen LogP contribution < -0.4 is 0 Å². The van der Waals surface area contributed by atoms with Gasteiger partial charge in [0.25, 0.3) is 0 Å². The van der Waals surface area contributed by atoms with Crippen LogP contribution in [0.25, 0.3) is 11.3 Å². The summed E-state index contributed by atoms with van der Waals surface area (Å²) >= 11 is 0. The molecule has 0 fully saturated rings. The average molecular weight is 245 g/mol. The van der Waals surface area contributed by atoms with Crippen LogP contribution in [0, 0.1) is 5.92 Å². The van der Waals surface area contributed by atoms with E-state index in [0.29, 0.717) is 12.3 Å². The normalized spacial score (nSPS) is 11.1. The number of hydrogen-bond donors (Lipinski definition) is 1. The van der Waals surface area contributed by atoms with Gasteiger partial charge in [0.15, 0.2) is 0 Å². The summed E-state index contributed by atoms with van der Waals surface area (Å²) in [4.78, 5) is 0. The van der Waals surface area contributed by atoms with Gasteiger partial charge in [0.05, 0.1) is 6.61 Å². The first-order valence-corrected chi connectivity index (χ1v) is 6.35. The molecule has 0 aliphatic heterocycles. The van der Waals surface area contributed by atoms with Crippen LogP contribution in [-0.4, -0.2) is 16.9 Å². The zero-order chi connectivity index (χ0) is 13.0. The molecule has 3 nitrogen and oxygen atoms in total. The van der Waals surface area contributed by atoms with E-state index in [1.807, 2.05) is 6.07 Å². The third kappa shape index (κ3) is 3.20. The summed E-state index contributed by atoms with van der Waals surface area (Å²) in [7, 11) is 0. The summed E-state index contributed by atoms with van der Waals surface area (Å²) in [5.74, 6) is 1.39. The van der Waals surface area contributed by atoms with Crippen molar-refractivity contribution in [2.24, 2.45) is 5.92 Å². The Labute approximate surface area is 107 Å². The molecule has 0 bridgehead atoms. The zero-order valence-electron chi connectivity index (χ0n) is 10.9. The number of nitrogens with zero attached hydrogens (tertiary/aromatic N) is 1. The Hall–Kier alpha value is -1.61. The van der Waals surface area contributed by atoms with E-state index < -0.39 is 0 Å². The van der Waals surface area contributed by atoms with Gasteiger partial charge in [-0.3, -0.25) is 0 Å². The molecule has 0 saturated heterocycles. The minimum Gasteiger partial charge on any atom is -0.396 e. The van der Waals surface area contributed by atoms with Crippen molar-refractivity contribution >= 4 is 0 Å². The number of benzene rings is 1. The van der Waals surface area contributed by atoms with Gasteiger partial charge >= 0.3 is 0 Å². The fourth-order valence-electron chi connectivity index (χ4n) is 1.96. The third-order valence-electron chi connectivity index (χ3n) is 2.81. The molecule has 0 spiro atoms. The van der Waals surface area contributed by atoms with E-state index in [1.54, 1.807) is 0 Å². The second-order valence-corrected chi connectivity index (χ2v) is 4.95. The van der Waals surface area contributed by atoms with Gasteiger partial charge in [0, 0.05) is 18.1 Å². The molecule has 0 radical (unpaired) electrons. The lowest BCUT2D eigenvalue weighted by atomic mass is 10.0. The Bertz CT molecular complexity index is 485. The molecule has 1 N–H and O–H groups in total. The maximum absolute atomic E-state index is 8.83. The first-order valence-electron chi connectivity index (χ1n) is 6.35. The summed E-state index contributed by atoms with van der Waals surface area (Å²) < 4.78 is 5.14. The van der Waals surface area contributed by atoms with Crippen LogP contribution in [-0.2, 0) is 12.8 Å². The highest BCUT2D eigenvalue weighted by Crippen LogP contribution is 2.20. The Morgan fingerprint density at radius 1 is 1.22 bits per heavy atom. The first-order chi connectivity index (χ1) is 8.69. The number of aromatic nitrogens is 1. The molecule has 18 heavy (non-hydrogen) atoms. The summed E-state index contributed by atoms with van der Waals surface area (Å²) in [5.41, 5.74) is 3.22. The molecule has 96 valence electrons. The standard InChI is InChI=1S/C15H19NO2/c1-11(2)9-12-3-5-13(6-4-12)15-10-14(7-8-17)18-16-15/h3-6,10-11,17H,7-9H2,1-2H3. The van der Waals surface area contributed by atoms with E-state index in [0.717, 1.165) is 23.4 Å². The molecule has 0 aliphatic carbocycles. The molecular weight excluding hydrogens is 226 g/mol. The summed E-state index contributed by atoms with van der Waals surface area (Å²) in [5, 5.41) is 12.8. The summed E-state index contributed by atoms with van der Waals surface area (Å²) in [6.45, 7) is 4.52. The molecule has 0 amide bonds. The maximum atomic E-state index is 8.83. The van der Waals surface area contributed by atoms with E-state index in [2.05, 4.69) is 43.3 Å². The molecule has 0 atom stereocenters. The summed E-state index contributed by atoms with van der Waals surface area (Å²) in [6, 6.07) is 10.3. The number of rotatable bonds is 5. The highest BCUT2D eigenvalue weighted by atomic mass is 16.5. The first kappa shape index (κ1) is 12.8. The molecule has 1 aromatic carbocycles. The molecular formula is C15H19NO2. The lowest BCUT2D eigenvalue weighted by Crippen LogP contribution is -1.93. The van der Waals surface area contributed by atoms with Crippen molar-refractivity contribution in [2.45, 2.75) is 26.7 Å². The monoisotopic (exact) mass is 245 g/mol. The number of hydrogen-bond acceptors (Lipinski definition) is 3. The minimum absolute atomic E-state index is 0.0853. The lowest BCUT2D eigenvalue weighted by Gasteiger charge is -2.04. The topological polar surface area (TPSA) is 46.3 Å². The largest absolute Gasteiger partial charge is 0.396 e. The van der Waals surface area contributed by atoms with Crippen LogP contribution >= 0.6 is 0 Å². The predicted molar refractivity (Wildman–Crippen MR) is 71.3 cm³/mol. The Balaban J connectivity index is 2.12. The van der Waals surface area contributed by atoms with Gasteiger partial charge in [0.2, 0.25) is 0 Å². The highest BCUT2D eigenvalue weighted by molar-refractivity contribution is 5.59. The van der Waals surface area contributed by atoms with E-state index in [9.17, 15) is 0 Å². The molecule has 2 rings (SSSR count). The SMILES string of the molecule is CC(C)Cc1ccc(-c2cc(CCO)on2)cc1. The van der Waals surface area contributed by atoms with Crippen molar-refractivity contribution in [3.63, 3.8) is 0 Å². The fourth-order valence-corrected chi connectivity index (χ4v) is 1.96. The van der Waals surface area contributed by atoms with Crippen LogP contribution in [0.5, 0.6) is 0 Å². The zero-order valence-corrected chi connectivity index (χ0v) is 10.9. The van der Waals surface area contributed by atoms with Crippen LogP contribution in [0.1, 0.15) is 25.2 Å². The van der Waals surface area contributed by atoms with Crippen LogP contribution in [0.15, 0.2) is 34.9 Å². The van der Waals surface area contributed by atoms with Crippen molar-refractivity contribution in [3.8, 4) is 11.3 Å². The Morgan fingerprint density at radius 3 is 2.56 bits per heavy atom. The molecule has 0 saturated carbocycles. The van der Waals surface area contributed by atoms with Gasteiger partial charge < -0.3 is 9.63 Å². The number of aliphatic hydroxyl groups excluding tert-OH is 1. The predicted octanol–water partition coefficient (Wildman–Crippen LogP) is 3.07. The van der Waals surface area contributed by atoms with Gasteiger partial charge in [-0.15, -0.1) is 0 Å².